The number of hydrogen-bond acceptors (Lipinski definition) is 2. The van der Waals surface area contributed by atoms with Gasteiger partial charge in [-0.05, 0) is 82.2 Å². The lowest BCUT2D eigenvalue weighted by Gasteiger charge is -2.12. The summed E-state index contributed by atoms with van der Waals surface area (Å²) in [7, 11) is 0. The highest BCUT2D eigenvalue weighted by Gasteiger charge is 2.18. The van der Waals surface area contributed by atoms with Crippen LogP contribution in [-0.2, 0) is 0 Å². The van der Waals surface area contributed by atoms with Crippen molar-refractivity contribution in [2.45, 2.75) is 0 Å². The molecule has 8 aromatic carbocycles. The van der Waals surface area contributed by atoms with Crippen LogP contribution in [0.25, 0.3) is 109 Å². The first-order valence-corrected chi connectivity index (χ1v) is 18.1. The van der Waals surface area contributed by atoms with Crippen LogP contribution in [0.5, 0.6) is 0 Å². The Hall–Kier alpha value is -7.48. The van der Waals surface area contributed by atoms with Gasteiger partial charge in [0, 0.05) is 43.6 Å². The minimum Gasteiger partial charge on any atom is -0.455 e. The van der Waals surface area contributed by atoms with E-state index in [2.05, 4.69) is 149 Å². The van der Waals surface area contributed by atoms with Gasteiger partial charge >= 0.3 is 0 Å². The van der Waals surface area contributed by atoms with E-state index in [1.807, 2.05) is 36.4 Å². The van der Waals surface area contributed by atoms with Crippen LogP contribution < -0.4 is 0 Å². The molecule has 4 heteroatoms. The van der Waals surface area contributed by atoms with Gasteiger partial charge in [-0.2, -0.15) is 0 Å². The Morgan fingerprint density at radius 3 is 1.85 bits per heavy atom. The van der Waals surface area contributed by atoms with Gasteiger partial charge in [-0.1, -0.05) is 121 Å². The van der Waals surface area contributed by atoms with Crippen LogP contribution in [-0.4, -0.2) is 9.55 Å². The summed E-state index contributed by atoms with van der Waals surface area (Å²) in [6.07, 6.45) is 0. The van der Waals surface area contributed by atoms with E-state index in [4.69, 9.17) is 16.0 Å². The number of benzene rings is 8. The van der Waals surface area contributed by atoms with E-state index in [9.17, 15) is 0 Å². The molecule has 11 aromatic rings. The van der Waals surface area contributed by atoms with Gasteiger partial charge in [0.1, 0.15) is 11.2 Å². The highest BCUT2D eigenvalue weighted by atomic mass is 16.3. The third-order valence-corrected chi connectivity index (χ3v) is 10.8. The molecule has 0 fully saturated rings. The van der Waals surface area contributed by atoms with Crippen molar-refractivity contribution in [2.24, 2.45) is 0 Å². The summed E-state index contributed by atoms with van der Waals surface area (Å²) in [5, 5.41) is 7.66. The van der Waals surface area contributed by atoms with Crippen molar-refractivity contribution in [1.29, 1.82) is 0 Å². The molecule has 0 aliphatic carbocycles. The summed E-state index contributed by atoms with van der Waals surface area (Å²) in [6, 6.07) is 61.5. The number of rotatable bonds is 4. The Morgan fingerprint density at radius 1 is 0.463 bits per heavy atom. The van der Waals surface area contributed by atoms with E-state index < -0.39 is 0 Å². The predicted molar refractivity (Wildman–Crippen MR) is 223 cm³/mol. The van der Waals surface area contributed by atoms with Crippen LogP contribution >= 0.6 is 0 Å². The quantitative estimate of drug-likeness (QED) is 0.136. The minimum atomic E-state index is 0.639. The Kier molecular flexibility index (Phi) is 6.58. The first kappa shape index (κ1) is 30.2. The van der Waals surface area contributed by atoms with Crippen LogP contribution in [0.1, 0.15) is 0 Å². The van der Waals surface area contributed by atoms with E-state index >= 15 is 0 Å². The summed E-state index contributed by atoms with van der Waals surface area (Å²) in [5.41, 5.74) is 13.1. The third kappa shape index (κ3) is 4.59. The third-order valence-electron chi connectivity index (χ3n) is 10.8. The molecule has 0 N–H and O–H groups in total. The molecule has 3 heterocycles. The molecule has 250 valence electrons. The molecule has 54 heavy (non-hydrogen) atoms. The Morgan fingerprint density at radius 2 is 1.07 bits per heavy atom. The average Bonchev–Trinajstić information content (AvgIpc) is 3.79. The number of nitrogens with zero attached hydrogens (tertiary/aromatic N) is 3. The van der Waals surface area contributed by atoms with E-state index in [0.29, 0.717) is 5.69 Å². The zero-order valence-corrected chi connectivity index (χ0v) is 29.0. The fourth-order valence-corrected chi connectivity index (χ4v) is 8.24. The topological polar surface area (TPSA) is 35.3 Å². The Bertz CT molecular complexity index is 3310. The van der Waals surface area contributed by atoms with E-state index in [1.54, 1.807) is 0 Å². The van der Waals surface area contributed by atoms with Gasteiger partial charge in [0.2, 0.25) is 0 Å². The molecule has 0 atom stereocenters. The molecule has 0 spiro atoms. The minimum absolute atomic E-state index is 0.639. The first-order chi connectivity index (χ1) is 26.7. The van der Waals surface area contributed by atoms with Gasteiger partial charge in [-0.3, -0.25) is 0 Å². The van der Waals surface area contributed by atoms with Gasteiger partial charge in [-0.15, -0.1) is 0 Å². The zero-order chi connectivity index (χ0) is 35.8. The maximum atomic E-state index is 7.66. The fraction of sp³-hybridized carbons (Fsp3) is 0. The molecule has 0 amide bonds. The summed E-state index contributed by atoms with van der Waals surface area (Å²) < 4.78 is 8.86. The fourth-order valence-electron chi connectivity index (χ4n) is 8.24. The summed E-state index contributed by atoms with van der Waals surface area (Å²) in [4.78, 5) is 9.05. The molecule has 4 nitrogen and oxygen atoms in total. The summed E-state index contributed by atoms with van der Waals surface area (Å²) in [6.45, 7) is 7.66. The zero-order valence-electron chi connectivity index (χ0n) is 29.0. The molecule has 0 bridgehead atoms. The lowest BCUT2D eigenvalue weighted by molar-refractivity contribution is 0.673. The molecule has 3 aromatic heterocycles. The molecular weight excluding hydrogens is 659 g/mol. The van der Waals surface area contributed by atoms with Gasteiger partial charge < -0.3 is 8.98 Å². The predicted octanol–water partition coefficient (Wildman–Crippen LogP) is 13.9. The van der Waals surface area contributed by atoms with Crippen LogP contribution in [0.2, 0.25) is 0 Å². The monoisotopic (exact) mass is 687 g/mol. The first-order valence-electron chi connectivity index (χ1n) is 18.1. The van der Waals surface area contributed by atoms with Gasteiger partial charge in [0.15, 0.2) is 5.69 Å². The second-order valence-corrected chi connectivity index (χ2v) is 13.8. The van der Waals surface area contributed by atoms with Crippen molar-refractivity contribution in [3.63, 3.8) is 0 Å². The molecule has 11 rings (SSSR count). The Balaban J connectivity index is 1.04. The molecule has 0 aliphatic heterocycles. The van der Waals surface area contributed by atoms with Crippen molar-refractivity contribution >= 4 is 71.1 Å². The molecule has 0 radical (unpaired) electrons. The van der Waals surface area contributed by atoms with E-state index in [1.165, 1.54) is 0 Å². The number of para-hydroxylation sites is 2. The number of fused-ring (bicyclic) bond motifs is 10. The molecule has 0 saturated heterocycles. The maximum Gasteiger partial charge on any atom is 0.188 e. The number of pyridine rings is 1. The second-order valence-electron chi connectivity index (χ2n) is 13.8. The van der Waals surface area contributed by atoms with Gasteiger partial charge in [-0.25, -0.2) is 9.83 Å². The van der Waals surface area contributed by atoms with E-state index in [0.717, 1.165) is 105 Å². The number of hydrogen-bond donors (Lipinski definition) is 0. The highest BCUT2D eigenvalue weighted by molar-refractivity contribution is 6.25. The second kappa shape index (κ2) is 11.8. The lowest BCUT2D eigenvalue weighted by atomic mass is 9.95. The highest BCUT2D eigenvalue weighted by Crippen LogP contribution is 2.42. The van der Waals surface area contributed by atoms with Crippen molar-refractivity contribution in [1.82, 2.24) is 9.55 Å². The lowest BCUT2D eigenvalue weighted by Crippen LogP contribution is -1.92. The molecule has 0 saturated carbocycles. The van der Waals surface area contributed by atoms with Gasteiger partial charge in [0.25, 0.3) is 0 Å². The van der Waals surface area contributed by atoms with Crippen LogP contribution in [0.3, 0.4) is 0 Å². The van der Waals surface area contributed by atoms with Crippen molar-refractivity contribution in [3.05, 3.63) is 187 Å². The van der Waals surface area contributed by atoms with Crippen molar-refractivity contribution < 1.29 is 4.42 Å². The van der Waals surface area contributed by atoms with Crippen LogP contribution in [0.4, 0.5) is 5.69 Å². The normalized spacial score (nSPS) is 11.7. The SMILES string of the molecule is [C-]#[N+]c1ccc2c(c1)c1cc(-c3ccc(-c4ccc5c(c4)nc(-c4ccccc4)c4ccc6c7ccccc7oc6c45)cc3)ccc1n2-c1ccccc1. The van der Waals surface area contributed by atoms with E-state index in [-0.39, 0.29) is 0 Å². The average molecular weight is 688 g/mol. The van der Waals surface area contributed by atoms with Crippen molar-refractivity contribution in [3.8, 4) is 39.2 Å². The summed E-state index contributed by atoms with van der Waals surface area (Å²) >= 11 is 0. The van der Waals surface area contributed by atoms with Crippen molar-refractivity contribution in [2.75, 3.05) is 0 Å². The molecule has 0 unspecified atom stereocenters. The standard InChI is InChI=1S/C50H29N3O/c1-51-36-22-27-46-43(30-36)42-28-34(21-26-45(42)53(46)37-12-6-3-7-13-37)31-16-18-32(19-17-31)35-20-23-40-44(29-35)52-49(33-10-4-2-5-11-33)41-25-24-39-38-14-8-9-15-47(38)54-50(39)48(40)41/h2-30H. The molecular formula is C50H29N3O. The smallest absolute Gasteiger partial charge is 0.188 e. The number of aromatic nitrogens is 2. The summed E-state index contributed by atoms with van der Waals surface area (Å²) in [5.74, 6) is 0. The molecule has 0 aliphatic rings. The Labute approximate surface area is 310 Å². The largest absolute Gasteiger partial charge is 0.455 e. The van der Waals surface area contributed by atoms with Crippen LogP contribution in [0, 0.1) is 6.57 Å². The van der Waals surface area contributed by atoms with Gasteiger partial charge in [0.05, 0.1) is 28.8 Å². The van der Waals surface area contributed by atoms with Crippen LogP contribution in [0.15, 0.2) is 180 Å². The number of furan rings is 1. The maximum absolute atomic E-state index is 7.66.